The van der Waals surface area contributed by atoms with Crippen molar-refractivity contribution in [3.63, 3.8) is 0 Å². The van der Waals surface area contributed by atoms with Gasteiger partial charge in [-0.1, -0.05) is 53.7 Å². The molecule has 0 spiro atoms. The molecule has 0 saturated carbocycles. The molecule has 0 aliphatic carbocycles. The fraction of sp³-hybridized carbons (Fsp3) is 0.263. The van der Waals surface area contributed by atoms with Crippen molar-refractivity contribution in [2.45, 2.75) is 25.5 Å². The van der Waals surface area contributed by atoms with Crippen molar-refractivity contribution in [1.29, 1.82) is 0 Å². The number of anilines is 1. The molecular weight excluding hydrogens is 304 g/mol. The van der Waals surface area contributed by atoms with Crippen LogP contribution in [0.1, 0.15) is 24.0 Å². The molecule has 2 aromatic carbocycles. The van der Waals surface area contributed by atoms with Crippen LogP contribution < -0.4 is 4.90 Å². The number of hydrogen-bond donors (Lipinski definition) is 1. The number of aliphatic hydroxyl groups is 1. The number of aliphatic hydroxyl groups excluding tert-OH is 1. The SMILES string of the molecule is O=C1CC[C@@H](CO)N1c1ccccc1/C=N\OCc1ccccc1. The number of carbonyl (C=O) groups is 1. The first-order valence-corrected chi connectivity index (χ1v) is 8.01. The van der Waals surface area contributed by atoms with E-state index in [-0.39, 0.29) is 18.6 Å². The third kappa shape index (κ3) is 3.63. The number of para-hydroxylation sites is 1. The molecule has 1 heterocycles. The fourth-order valence-corrected chi connectivity index (χ4v) is 2.84. The molecule has 1 saturated heterocycles. The molecule has 0 radical (unpaired) electrons. The van der Waals surface area contributed by atoms with Crippen LogP contribution in [-0.4, -0.2) is 29.9 Å². The summed E-state index contributed by atoms with van der Waals surface area (Å²) in [6.07, 6.45) is 2.74. The molecule has 124 valence electrons. The molecule has 5 nitrogen and oxygen atoms in total. The number of hydrogen-bond acceptors (Lipinski definition) is 4. The van der Waals surface area contributed by atoms with E-state index in [4.69, 9.17) is 4.84 Å². The zero-order valence-electron chi connectivity index (χ0n) is 13.3. The normalized spacial score (nSPS) is 17.6. The lowest BCUT2D eigenvalue weighted by Gasteiger charge is -2.24. The number of amides is 1. The average Bonchev–Trinajstić information content (AvgIpc) is 3.00. The van der Waals surface area contributed by atoms with Crippen LogP contribution in [0.2, 0.25) is 0 Å². The van der Waals surface area contributed by atoms with E-state index in [2.05, 4.69) is 5.16 Å². The van der Waals surface area contributed by atoms with Gasteiger partial charge < -0.3 is 14.8 Å². The third-order valence-corrected chi connectivity index (χ3v) is 4.07. The Balaban J connectivity index is 1.72. The Morgan fingerprint density at radius 1 is 1.17 bits per heavy atom. The predicted molar refractivity (Wildman–Crippen MR) is 92.9 cm³/mol. The maximum absolute atomic E-state index is 12.2. The molecule has 0 unspecified atom stereocenters. The van der Waals surface area contributed by atoms with Crippen LogP contribution in [-0.2, 0) is 16.2 Å². The molecule has 0 bridgehead atoms. The summed E-state index contributed by atoms with van der Waals surface area (Å²) >= 11 is 0. The maximum Gasteiger partial charge on any atom is 0.227 e. The second kappa shape index (κ2) is 7.75. The molecule has 1 aliphatic heterocycles. The lowest BCUT2D eigenvalue weighted by Crippen LogP contribution is -2.36. The van der Waals surface area contributed by atoms with Gasteiger partial charge in [0.25, 0.3) is 0 Å². The number of oxime groups is 1. The van der Waals surface area contributed by atoms with E-state index < -0.39 is 0 Å². The largest absolute Gasteiger partial charge is 0.394 e. The van der Waals surface area contributed by atoms with Crippen LogP contribution in [0.3, 0.4) is 0 Å². The molecule has 0 aromatic heterocycles. The molecule has 1 fully saturated rings. The first kappa shape index (κ1) is 16.2. The second-order valence-electron chi connectivity index (χ2n) is 5.69. The van der Waals surface area contributed by atoms with Crippen molar-refractivity contribution in [2.75, 3.05) is 11.5 Å². The number of carbonyl (C=O) groups excluding carboxylic acids is 1. The highest BCUT2D eigenvalue weighted by molar-refractivity contribution is 6.01. The predicted octanol–water partition coefficient (Wildman–Crippen LogP) is 2.73. The van der Waals surface area contributed by atoms with Crippen molar-refractivity contribution in [3.8, 4) is 0 Å². The van der Waals surface area contributed by atoms with Gasteiger partial charge in [0.05, 0.1) is 24.6 Å². The van der Waals surface area contributed by atoms with E-state index in [9.17, 15) is 9.90 Å². The van der Waals surface area contributed by atoms with Gasteiger partial charge in [0, 0.05) is 12.0 Å². The summed E-state index contributed by atoms with van der Waals surface area (Å²) in [5.41, 5.74) is 2.59. The Morgan fingerprint density at radius 2 is 1.92 bits per heavy atom. The summed E-state index contributed by atoms with van der Waals surface area (Å²) in [4.78, 5) is 19.2. The molecule has 24 heavy (non-hydrogen) atoms. The quantitative estimate of drug-likeness (QED) is 0.656. The minimum Gasteiger partial charge on any atom is -0.394 e. The van der Waals surface area contributed by atoms with Gasteiger partial charge in [0.15, 0.2) is 0 Å². The summed E-state index contributed by atoms with van der Waals surface area (Å²) in [6, 6.07) is 17.1. The lowest BCUT2D eigenvalue weighted by atomic mass is 10.1. The maximum atomic E-state index is 12.2. The highest BCUT2D eigenvalue weighted by Crippen LogP contribution is 2.28. The standard InChI is InChI=1S/C19H20N2O3/c22-13-17-10-11-19(23)21(17)18-9-5-4-8-16(18)12-20-24-14-15-6-2-1-3-7-15/h1-9,12,17,22H,10-11,13-14H2/b20-12-/t17-/m0/s1. The molecule has 1 aliphatic rings. The lowest BCUT2D eigenvalue weighted by molar-refractivity contribution is -0.117. The molecule has 1 atom stereocenters. The van der Waals surface area contributed by atoms with E-state index in [1.807, 2.05) is 54.6 Å². The van der Waals surface area contributed by atoms with Crippen molar-refractivity contribution in [3.05, 3.63) is 65.7 Å². The molecule has 5 heteroatoms. The van der Waals surface area contributed by atoms with Crippen LogP contribution >= 0.6 is 0 Å². The first-order valence-electron chi connectivity index (χ1n) is 8.01. The molecule has 3 rings (SSSR count). The number of rotatable bonds is 6. The molecule has 1 N–H and O–H groups in total. The van der Waals surface area contributed by atoms with E-state index in [0.29, 0.717) is 19.4 Å². The zero-order valence-corrected chi connectivity index (χ0v) is 13.3. The van der Waals surface area contributed by atoms with Gasteiger partial charge in [0.2, 0.25) is 5.91 Å². The minimum absolute atomic E-state index is 0.0279. The van der Waals surface area contributed by atoms with Crippen LogP contribution in [0.15, 0.2) is 59.8 Å². The van der Waals surface area contributed by atoms with Crippen LogP contribution in [0.4, 0.5) is 5.69 Å². The summed E-state index contributed by atoms with van der Waals surface area (Å²) in [5.74, 6) is 0.0279. The Bertz CT molecular complexity index is 716. The van der Waals surface area contributed by atoms with E-state index in [1.54, 1.807) is 11.1 Å². The third-order valence-electron chi connectivity index (χ3n) is 4.07. The van der Waals surface area contributed by atoms with Gasteiger partial charge >= 0.3 is 0 Å². The molecular formula is C19H20N2O3. The Hall–Kier alpha value is -2.66. The smallest absolute Gasteiger partial charge is 0.227 e. The van der Waals surface area contributed by atoms with Gasteiger partial charge in [-0.15, -0.1) is 0 Å². The van der Waals surface area contributed by atoms with Crippen molar-refractivity contribution >= 4 is 17.8 Å². The van der Waals surface area contributed by atoms with Gasteiger partial charge in [-0.3, -0.25) is 4.79 Å². The highest BCUT2D eigenvalue weighted by atomic mass is 16.6. The highest BCUT2D eigenvalue weighted by Gasteiger charge is 2.32. The Labute approximate surface area is 141 Å². The van der Waals surface area contributed by atoms with E-state index >= 15 is 0 Å². The van der Waals surface area contributed by atoms with Gasteiger partial charge in [-0.05, 0) is 18.1 Å². The fourth-order valence-electron chi connectivity index (χ4n) is 2.84. The van der Waals surface area contributed by atoms with Crippen molar-refractivity contribution in [1.82, 2.24) is 0 Å². The average molecular weight is 324 g/mol. The zero-order chi connectivity index (χ0) is 16.8. The first-order chi connectivity index (χ1) is 11.8. The topological polar surface area (TPSA) is 62.1 Å². The monoisotopic (exact) mass is 324 g/mol. The van der Waals surface area contributed by atoms with E-state index in [0.717, 1.165) is 16.8 Å². The van der Waals surface area contributed by atoms with Gasteiger partial charge in [-0.25, -0.2) is 0 Å². The molecule has 1 amide bonds. The van der Waals surface area contributed by atoms with Gasteiger partial charge in [-0.2, -0.15) is 0 Å². The van der Waals surface area contributed by atoms with E-state index in [1.165, 1.54) is 0 Å². The summed E-state index contributed by atoms with van der Waals surface area (Å²) in [6.45, 7) is 0.350. The minimum atomic E-state index is -0.169. The Morgan fingerprint density at radius 3 is 2.71 bits per heavy atom. The number of benzene rings is 2. The van der Waals surface area contributed by atoms with Crippen LogP contribution in [0.25, 0.3) is 0 Å². The van der Waals surface area contributed by atoms with Crippen LogP contribution in [0, 0.1) is 0 Å². The summed E-state index contributed by atoms with van der Waals surface area (Å²) in [5, 5.41) is 13.5. The summed E-state index contributed by atoms with van der Waals surface area (Å²) < 4.78 is 0. The Kier molecular flexibility index (Phi) is 5.23. The van der Waals surface area contributed by atoms with Crippen molar-refractivity contribution < 1.29 is 14.7 Å². The number of nitrogens with zero attached hydrogens (tertiary/aromatic N) is 2. The summed E-state index contributed by atoms with van der Waals surface area (Å²) in [7, 11) is 0. The molecule has 2 aromatic rings. The van der Waals surface area contributed by atoms with Crippen molar-refractivity contribution in [2.24, 2.45) is 5.16 Å². The van der Waals surface area contributed by atoms with Crippen LogP contribution in [0.5, 0.6) is 0 Å². The van der Waals surface area contributed by atoms with Gasteiger partial charge in [0.1, 0.15) is 6.61 Å². The second-order valence-corrected chi connectivity index (χ2v) is 5.69.